The largest absolute Gasteiger partial charge is 0.340 e. The number of rotatable bonds is 6. The third-order valence-corrected chi connectivity index (χ3v) is 4.91. The third-order valence-electron chi connectivity index (χ3n) is 3.85. The van der Waals surface area contributed by atoms with Gasteiger partial charge in [-0.25, -0.2) is 0 Å². The fourth-order valence-electron chi connectivity index (χ4n) is 2.42. The molecule has 0 aliphatic heterocycles. The lowest BCUT2D eigenvalue weighted by atomic mass is 10.1. The molecule has 1 heterocycles. The van der Waals surface area contributed by atoms with Gasteiger partial charge >= 0.3 is 0 Å². The number of likely N-dealkylation sites (N-methyl/N-ethyl adjacent to an activating group) is 1. The summed E-state index contributed by atoms with van der Waals surface area (Å²) in [5, 5.41) is 7.56. The first-order valence-electron chi connectivity index (χ1n) is 8.05. The highest BCUT2D eigenvalue weighted by Gasteiger charge is 2.16. The lowest BCUT2D eigenvalue weighted by Crippen LogP contribution is -2.30. The Kier molecular flexibility index (Phi) is 5.50. The molecule has 6 heteroatoms. The van der Waals surface area contributed by atoms with E-state index in [1.54, 1.807) is 29.3 Å². The molecule has 0 spiro atoms. The van der Waals surface area contributed by atoms with Crippen LogP contribution in [0.15, 0.2) is 71.0 Å². The molecule has 1 amide bonds. The SMILES string of the molecule is Cc1ccc(C(=O)N(C)CCn2cnnc2)c(Sc2ccccc2)c1. The van der Waals surface area contributed by atoms with Crippen molar-refractivity contribution in [1.82, 2.24) is 19.7 Å². The van der Waals surface area contributed by atoms with E-state index in [1.807, 2.05) is 48.9 Å². The number of aryl methyl sites for hydroxylation is 1. The normalized spacial score (nSPS) is 10.6. The van der Waals surface area contributed by atoms with E-state index in [1.165, 1.54) is 0 Å². The summed E-state index contributed by atoms with van der Waals surface area (Å²) in [5.41, 5.74) is 1.87. The Morgan fingerprint density at radius 3 is 2.56 bits per heavy atom. The summed E-state index contributed by atoms with van der Waals surface area (Å²) < 4.78 is 1.86. The predicted octanol–water partition coefficient (Wildman–Crippen LogP) is 3.51. The predicted molar refractivity (Wildman–Crippen MR) is 98.7 cm³/mol. The summed E-state index contributed by atoms with van der Waals surface area (Å²) >= 11 is 1.62. The summed E-state index contributed by atoms with van der Waals surface area (Å²) in [5.74, 6) is 0.0199. The molecule has 1 aromatic heterocycles. The van der Waals surface area contributed by atoms with Crippen molar-refractivity contribution in [3.63, 3.8) is 0 Å². The van der Waals surface area contributed by atoms with Crippen molar-refractivity contribution in [3.8, 4) is 0 Å². The second-order valence-electron chi connectivity index (χ2n) is 5.84. The molecule has 0 aliphatic carbocycles. The van der Waals surface area contributed by atoms with E-state index in [-0.39, 0.29) is 5.91 Å². The Morgan fingerprint density at radius 1 is 1.12 bits per heavy atom. The van der Waals surface area contributed by atoms with Crippen molar-refractivity contribution >= 4 is 17.7 Å². The quantitative estimate of drug-likeness (QED) is 0.681. The molecule has 3 rings (SSSR count). The second kappa shape index (κ2) is 7.98. The lowest BCUT2D eigenvalue weighted by Gasteiger charge is -2.19. The molecule has 5 nitrogen and oxygen atoms in total. The highest BCUT2D eigenvalue weighted by atomic mass is 32.2. The van der Waals surface area contributed by atoms with Gasteiger partial charge < -0.3 is 9.47 Å². The molecular weight excluding hydrogens is 332 g/mol. The van der Waals surface area contributed by atoms with E-state index in [2.05, 4.69) is 28.4 Å². The molecular formula is C19H20N4OS. The standard InChI is InChI=1S/C19H20N4OS/c1-15-8-9-17(18(12-15)25-16-6-4-3-5-7-16)19(24)22(2)10-11-23-13-20-21-14-23/h3-9,12-14H,10-11H2,1-2H3. The van der Waals surface area contributed by atoms with E-state index in [0.29, 0.717) is 13.1 Å². The molecule has 0 aliphatic rings. The molecule has 0 fully saturated rings. The fraction of sp³-hybridized carbons (Fsp3) is 0.211. The van der Waals surface area contributed by atoms with Crippen molar-refractivity contribution in [1.29, 1.82) is 0 Å². The van der Waals surface area contributed by atoms with Crippen LogP contribution in [0.25, 0.3) is 0 Å². The van der Waals surface area contributed by atoms with Gasteiger partial charge in [-0.1, -0.05) is 36.0 Å². The Bertz CT molecular complexity index is 834. The molecule has 0 radical (unpaired) electrons. The van der Waals surface area contributed by atoms with Crippen LogP contribution >= 0.6 is 11.8 Å². The van der Waals surface area contributed by atoms with E-state index >= 15 is 0 Å². The van der Waals surface area contributed by atoms with E-state index < -0.39 is 0 Å². The van der Waals surface area contributed by atoms with Crippen molar-refractivity contribution in [2.75, 3.05) is 13.6 Å². The highest BCUT2D eigenvalue weighted by Crippen LogP contribution is 2.31. The van der Waals surface area contributed by atoms with E-state index in [0.717, 1.165) is 20.9 Å². The summed E-state index contributed by atoms with van der Waals surface area (Å²) in [7, 11) is 1.82. The maximum atomic E-state index is 12.9. The van der Waals surface area contributed by atoms with Crippen LogP contribution in [0.4, 0.5) is 0 Å². The zero-order valence-electron chi connectivity index (χ0n) is 14.3. The average molecular weight is 352 g/mol. The van der Waals surface area contributed by atoms with E-state index in [4.69, 9.17) is 0 Å². The molecule has 0 atom stereocenters. The Hall–Kier alpha value is -2.60. The number of hydrogen-bond acceptors (Lipinski definition) is 4. The fourth-order valence-corrected chi connectivity index (χ4v) is 3.47. The first kappa shape index (κ1) is 17.2. The Labute approximate surface area is 151 Å². The smallest absolute Gasteiger partial charge is 0.254 e. The highest BCUT2D eigenvalue weighted by molar-refractivity contribution is 7.99. The van der Waals surface area contributed by atoms with Crippen LogP contribution in [-0.2, 0) is 6.54 Å². The molecule has 0 N–H and O–H groups in total. The van der Waals surface area contributed by atoms with Gasteiger partial charge in [-0.05, 0) is 36.8 Å². The number of benzene rings is 2. The van der Waals surface area contributed by atoms with Gasteiger partial charge in [0, 0.05) is 29.9 Å². The van der Waals surface area contributed by atoms with Gasteiger partial charge in [0.2, 0.25) is 0 Å². The van der Waals surface area contributed by atoms with Crippen LogP contribution in [0.5, 0.6) is 0 Å². The van der Waals surface area contributed by atoms with Gasteiger partial charge in [-0.15, -0.1) is 10.2 Å². The number of carbonyl (C=O) groups excluding carboxylic acids is 1. The second-order valence-corrected chi connectivity index (χ2v) is 6.96. The van der Waals surface area contributed by atoms with Crippen molar-refractivity contribution in [2.45, 2.75) is 23.3 Å². The molecule has 0 saturated carbocycles. The molecule has 0 saturated heterocycles. The summed E-state index contributed by atoms with van der Waals surface area (Å²) in [4.78, 5) is 16.7. The van der Waals surface area contributed by atoms with Crippen LogP contribution in [0.3, 0.4) is 0 Å². The van der Waals surface area contributed by atoms with Crippen molar-refractivity contribution < 1.29 is 4.79 Å². The zero-order valence-corrected chi connectivity index (χ0v) is 15.1. The minimum absolute atomic E-state index is 0.0199. The first-order chi connectivity index (χ1) is 12.1. The van der Waals surface area contributed by atoms with Crippen LogP contribution < -0.4 is 0 Å². The Balaban J connectivity index is 1.77. The summed E-state index contributed by atoms with van der Waals surface area (Å²) in [6.07, 6.45) is 3.31. The summed E-state index contributed by atoms with van der Waals surface area (Å²) in [6, 6.07) is 16.1. The van der Waals surface area contributed by atoms with Gasteiger partial charge in [-0.3, -0.25) is 4.79 Å². The molecule has 3 aromatic rings. The Morgan fingerprint density at radius 2 is 1.84 bits per heavy atom. The summed E-state index contributed by atoms with van der Waals surface area (Å²) in [6.45, 7) is 3.31. The molecule has 25 heavy (non-hydrogen) atoms. The van der Waals surface area contributed by atoms with Crippen molar-refractivity contribution in [2.24, 2.45) is 0 Å². The van der Waals surface area contributed by atoms with Gasteiger partial charge in [0.15, 0.2) is 0 Å². The molecule has 0 bridgehead atoms. The van der Waals surface area contributed by atoms with Crippen LogP contribution in [0.2, 0.25) is 0 Å². The number of carbonyl (C=O) groups is 1. The van der Waals surface area contributed by atoms with Crippen LogP contribution in [-0.4, -0.2) is 39.2 Å². The van der Waals surface area contributed by atoms with Crippen LogP contribution in [0, 0.1) is 6.92 Å². The third kappa shape index (κ3) is 4.48. The minimum Gasteiger partial charge on any atom is -0.340 e. The molecule has 2 aromatic carbocycles. The zero-order chi connectivity index (χ0) is 17.6. The number of nitrogens with zero attached hydrogens (tertiary/aromatic N) is 4. The number of hydrogen-bond donors (Lipinski definition) is 0. The first-order valence-corrected chi connectivity index (χ1v) is 8.86. The number of aromatic nitrogens is 3. The topological polar surface area (TPSA) is 51.0 Å². The molecule has 128 valence electrons. The number of amides is 1. The van der Waals surface area contributed by atoms with Crippen molar-refractivity contribution in [3.05, 3.63) is 72.3 Å². The minimum atomic E-state index is 0.0199. The van der Waals surface area contributed by atoms with Crippen LogP contribution in [0.1, 0.15) is 15.9 Å². The molecule has 0 unspecified atom stereocenters. The van der Waals surface area contributed by atoms with Gasteiger partial charge in [0.1, 0.15) is 12.7 Å². The van der Waals surface area contributed by atoms with Gasteiger partial charge in [-0.2, -0.15) is 0 Å². The monoisotopic (exact) mass is 352 g/mol. The van der Waals surface area contributed by atoms with E-state index in [9.17, 15) is 4.79 Å². The average Bonchev–Trinajstić information content (AvgIpc) is 3.14. The van der Waals surface area contributed by atoms with Gasteiger partial charge in [0.05, 0.1) is 5.56 Å². The van der Waals surface area contributed by atoms with Gasteiger partial charge in [0.25, 0.3) is 5.91 Å². The maximum Gasteiger partial charge on any atom is 0.254 e. The lowest BCUT2D eigenvalue weighted by molar-refractivity contribution is 0.0787. The maximum absolute atomic E-state index is 12.9.